The molecule has 1 heterocycles. The lowest BCUT2D eigenvalue weighted by Crippen LogP contribution is -2.45. The highest BCUT2D eigenvalue weighted by atomic mass is 35.5. The first kappa shape index (κ1) is 23.9. The number of likely N-dealkylation sites (tertiary alicyclic amines) is 1. The van der Waals surface area contributed by atoms with Crippen molar-refractivity contribution in [3.8, 4) is 5.75 Å². The van der Waals surface area contributed by atoms with Gasteiger partial charge in [-0.1, -0.05) is 41.9 Å². The summed E-state index contributed by atoms with van der Waals surface area (Å²) < 4.78 is 10.6. The van der Waals surface area contributed by atoms with Gasteiger partial charge in [-0.25, -0.2) is 4.79 Å². The van der Waals surface area contributed by atoms with E-state index < -0.39 is 5.97 Å². The predicted molar refractivity (Wildman–Crippen MR) is 125 cm³/mol. The van der Waals surface area contributed by atoms with Crippen LogP contribution in [-0.2, 0) is 16.0 Å². The molecule has 0 saturated carbocycles. The van der Waals surface area contributed by atoms with Crippen LogP contribution in [0.3, 0.4) is 0 Å². The van der Waals surface area contributed by atoms with Crippen molar-refractivity contribution in [1.82, 2.24) is 10.2 Å². The van der Waals surface area contributed by atoms with Crippen molar-refractivity contribution in [3.63, 3.8) is 0 Å². The minimum Gasteiger partial charge on any atom is -0.496 e. The van der Waals surface area contributed by atoms with Crippen molar-refractivity contribution in [2.24, 2.45) is 0 Å². The highest BCUT2D eigenvalue weighted by molar-refractivity contribution is 6.33. The monoisotopic (exact) mass is 459 g/mol. The van der Waals surface area contributed by atoms with Gasteiger partial charge in [-0.05, 0) is 30.9 Å². The lowest BCUT2D eigenvalue weighted by atomic mass is 10.0. The van der Waals surface area contributed by atoms with E-state index in [1.165, 1.54) is 24.8 Å². The van der Waals surface area contributed by atoms with Gasteiger partial charge in [-0.15, -0.1) is 0 Å². The molecular formula is C24H30ClN3O4. The number of aryl methyl sites for hydroxylation is 1. The summed E-state index contributed by atoms with van der Waals surface area (Å²) in [4.78, 5) is 26.9. The van der Waals surface area contributed by atoms with Crippen molar-refractivity contribution in [3.05, 3.63) is 58.6 Å². The quantitative estimate of drug-likeness (QED) is 0.441. The van der Waals surface area contributed by atoms with E-state index in [4.69, 9.17) is 26.8 Å². The Morgan fingerprint density at radius 2 is 1.91 bits per heavy atom. The molecule has 172 valence electrons. The number of carbonyl (C=O) groups excluding carboxylic acids is 2. The van der Waals surface area contributed by atoms with Crippen molar-refractivity contribution in [2.75, 3.05) is 39.1 Å². The van der Waals surface area contributed by atoms with Gasteiger partial charge in [0.1, 0.15) is 17.9 Å². The summed E-state index contributed by atoms with van der Waals surface area (Å²) in [6.45, 7) is 2.58. The van der Waals surface area contributed by atoms with Crippen LogP contribution >= 0.6 is 11.6 Å². The molecule has 32 heavy (non-hydrogen) atoms. The van der Waals surface area contributed by atoms with E-state index in [2.05, 4.69) is 10.2 Å². The van der Waals surface area contributed by atoms with E-state index in [9.17, 15) is 9.59 Å². The maximum absolute atomic E-state index is 12.4. The first-order valence-corrected chi connectivity index (χ1v) is 11.2. The zero-order valence-electron chi connectivity index (χ0n) is 18.3. The molecule has 0 aromatic heterocycles. The fraction of sp³-hybridized carbons (Fsp3) is 0.417. The van der Waals surface area contributed by atoms with Gasteiger partial charge in [0.25, 0.3) is 0 Å². The van der Waals surface area contributed by atoms with E-state index in [0.717, 1.165) is 32.4 Å². The van der Waals surface area contributed by atoms with E-state index in [1.807, 2.05) is 30.3 Å². The van der Waals surface area contributed by atoms with Gasteiger partial charge in [-0.3, -0.25) is 9.69 Å². The average Bonchev–Trinajstić information content (AvgIpc) is 2.81. The Hall–Kier alpha value is -2.77. The number of amides is 1. The second-order valence-corrected chi connectivity index (χ2v) is 8.29. The summed E-state index contributed by atoms with van der Waals surface area (Å²) in [5.41, 5.74) is 7.52. The first-order valence-electron chi connectivity index (χ1n) is 10.8. The zero-order chi connectivity index (χ0) is 22.9. The third kappa shape index (κ3) is 6.87. The van der Waals surface area contributed by atoms with E-state index >= 15 is 0 Å². The van der Waals surface area contributed by atoms with E-state index in [0.29, 0.717) is 24.4 Å². The number of methoxy groups -OCH3 is 1. The third-order valence-corrected chi connectivity index (χ3v) is 5.94. The number of nitrogens with zero attached hydrogens (tertiary/aromatic N) is 1. The second kappa shape index (κ2) is 11.7. The molecule has 0 bridgehead atoms. The summed E-state index contributed by atoms with van der Waals surface area (Å²) in [7, 11) is 1.46. The lowest BCUT2D eigenvalue weighted by Gasteiger charge is -2.32. The van der Waals surface area contributed by atoms with Gasteiger partial charge in [0, 0.05) is 38.2 Å². The predicted octanol–water partition coefficient (Wildman–Crippen LogP) is 3.30. The molecule has 0 spiro atoms. The highest BCUT2D eigenvalue weighted by Gasteiger charge is 2.21. The van der Waals surface area contributed by atoms with Crippen LogP contribution in [0.2, 0.25) is 5.02 Å². The second-order valence-electron chi connectivity index (χ2n) is 7.88. The highest BCUT2D eigenvalue weighted by Crippen LogP contribution is 2.29. The van der Waals surface area contributed by atoms with E-state index in [-0.39, 0.29) is 29.1 Å². The minimum absolute atomic E-state index is 0.0948. The Morgan fingerprint density at radius 1 is 1.19 bits per heavy atom. The number of rotatable bonds is 9. The van der Waals surface area contributed by atoms with Crippen molar-refractivity contribution in [1.29, 1.82) is 0 Å². The largest absolute Gasteiger partial charge is 0.496 e. The Balaban J connectivity index is 1.35. The average molecular weight is 460 g/mol. The summed E-state index contributed by atoms with van der Waals surface area (Å²) in [5, 5.41) is 3.42. The molecule has 3 rings (SSSR count). The molecule has 1 amide bonds. The molecule has 7 nitrogen and oxygen atoms in total. The topological polar surface area (TPSA) is 93.9 Å². The number of nitrogens with two attached hydrogens (primary N) is 1. The van der Waals surface area contributed by atoms with Crippen LogP contribution < -0.4 is 15.8 Å². The number of hydrogen-bond donors (Lipinski definition) is 2. The van der Waals surface area contributed by atoms with Crippen LogP contribution in [0, 0.1) is 0 Å². The number of halogens is 1. The lowest BCUT2D eigenvalue weighted by molar-refractivity contribution is -0.122. The maximum Gasteiger partial charge on any atom is 0.342 e. The molecule has 0 aliphatic carbocycles. The standard InChI is InChI=1S/C24H30ClN3O4/c1-31-22-16-21(26)20(25)15-19(22)24(30)32-14-13-28-11-9-18(10-12-28)27-23(29)8-7-17-5-3-2-4-6-17/h2-6,15-16,18H,7-14,26H2,1H3,(H,27,29). The molecule has 1 saturated heterocycles. The van der Waals surface area contributed by atoms with Gasteiger partial charge in [0.2, 0.25) is 5.91 Å². The number of anilines is 1. The minimum atomic E-state index is -0.496. The Labute approximate surface area is 193 Å². The van der Waals surface area contributed by atoms with Crippen LogP contribution in [0.1, 0.15) is 35.2 Å². The molecule has 2 aromatic rings. The fourth-order valence-corrected chi connectivity index (χ4v) is 3.91. The van der Waals surface area contributed by atoms with Crippen LogP contribution in [0.5, 0.6) is 5.75 Å². The number of esters is 1. The van der Waals surface area contributed by atoms with Gasteiger partial charge in [0.05, 0.1) is 17.8 Å². The molecule has 0 radical (unpaired) electrons. The molecule has 0 unspecified atom stereocenters. The zero-order valence-corrected chi connectivity index (χ0v) is 19.1. The molecule has 1 aliphatic rings. The molecule has 1 aliphatic heterocycles. The Bertz CT molecular complexity index is 915. The molecule has 0 atom stereocenters. The number of benzene rings is 2. The van der Waals surface area contributed by atoms with E-state index in [1.54, 1.807) is 0 Å². The van der Waals surface area contributed by atoms with Gasteiger partial charge in [-0.2, -0.15) is 0 Å². The normalized spacial score (nSPS) is 14.7. The van der Waals surface area contributed by atoms with Crippen LogP contribution in [-0.4, -0.2) is 56.2 Å². The fourth-order valence-electron chi connectivity index (χ4n) is 3.75. The maximum atomic E-state index is 12.4. The number of ether oxygens (including phenoxy) is 2. The van der Waals surface area contributed by atoms with Gasteiger partial charge < -0.3 is 20.5 Å². The summed E-state index contributed by atoms with van der Waals surface area (Å²) in [6.07, 6.45) is 3.01. The Kier molecular flexibility index (Phi) is 8.76. The molecule has 3 N–H and O–H groups in total. The summed E-state index contributed by atoms with van der Waals surface area (Å²) in [5.74, 6) is -0.0672. The SMILES string of the molecule is COc1cc(N)c(Cl)cc1C(=O)OCCN1CCC(NC(=O)CCc2ccccc2)CC1. The van der Waals surface area contributed by atoms with Crippen LogP contribution in [0.25, 0.3) is 0 Å². The molecular weight excluding hydrogens is 430 g/mol. The molecule has 8 heteroatoms. The summed E-state index contributed by atoms with van der Waals surface area (Å²) >= 11 is 6.02. The number of nitrogen functional groups attached to an aromatic ring is 1. The number of carbonyl (C=O) groups is 2. The van der Waals surface area contributed by atoms with Gasteiger partial charge in [0.15, 0.2) is 0 Å². The Morgan fingerprint density at radius 3 is 2.59 bits per heavy atom. The van der Waals surface area contributed by atoms with Crippen LogP contribution in [0.15, 0.2) is 42.5 Å². The smallest absolute Gasteiger partial charge is 0.342 e. The number of nitrogens with one attached hydrogen (secondary N) is 1. The van der Waals surface area contributed by atoms with Crippen LogP contribution in [0.4, 0.5) is 5.69 Å². The van der Waals surface area contributed by atoms with Crippen molar-refractivity contribution >= 4 is 29.2 Å². The molecule has 2 aromatic carbocycles. The first-order chi connectivity index (χ1) is 15.5. The number of piperidine rings is 1. The summed E-state index contributed by atoms with van der Waals surface area (Å²) in [6, 6.07) is 13.2. The van der Waals surface area contributed by atoms with Gasteiger partial charge >= 0.3 is 5.97 Å². The molecule has 1 fully saturated rings. The van der Waals surface area contributed by atoms with Crippen molar-refractivity contribution in [2.45, 2.75) is 31.7 Å². The van der Waals surface area contributed by atoms with Crippen molar-refractivity contribution < 1.29 is 19.1 Å². The third-order valence-electron chi connectivity index (χ3n) is 5.62. The number of hydrogen-bond acceptors (Lipinski definition) is 6.